The predicted octanol–water partition coefficient (Wildman–Crippen LogP) is 3.28. The van der Waals surface area contributed by atoms with E-state index in [1.165, 1.54) is 0 Å². The monoisotopic (exact) mass is 375 g/mol. The maximum atomic E-state index is 6.07. The number of imidazole rings is 1. The van der Waals surface area contributed by atoms with Gasteiger partial charge in [-0.15, -0.1) is 0 Å². The highest BCUT2D eigenvalue weighted by molar-refractivity contribution is 5.58. The number of aromatic nitrogens is 5. The molecule has 1 aliphatic rings. The Balaban J connectivity index is 1.39. The highest BCUT2D eigenvalue weighted by atomic mass is 16.5. The minimum Gasteiger partial charge on any atom is -0.497 e. The molecule has 1 aliphatic heterocycles. The minimum atomic E-state index is -0.0471. The quantitative estimate of drug-likeness (QED) is 0.541. The van der Waals surface area contributed by atoms with Crippen LogP contribution < -0.4 is 4.74 Å². The summed E-state index contributed by atoms with van der Waals surface area (Å²) < 4.78 is 18.8. The van der Waals surface area contributed by atoms with Crippen molar-refractivity contribution in [1.82, 2.24) is 24.7 Å². The number of fused-ring (bicyclic) bond motifs is 1. The molecule has 28 heavy (non-hydrogen) atoms. The molecule has 5 rings (SSSR count). The van der Waals surface area contributed by atoms with Crippen LogP contribution in [0.4, 0.5) is 0 Å². The first kappa shape index (κ1) is 16.6. The zero-order chi connectivity index (χ0) is 18.9. The van der Waals surface area contributed by atoms with Gasteiger partial charge in [-0.2, -0.15) is 4.98 Å². The molecular weight excluding hydrogens is 358 g/mol. The summed E-state index contributed by atoms with van der Waals surface area (Å²) in [4.78, 5) is 13.0. The van der Waals surface area contributed by atoms with Crippen LogP contribution in [0.3, 0.4) is 0 Å². The van der Waals surface area contributed by atoms with E-state index in [1.54, 1.807) is 25.8 Å². The molecule has 4 aromatic rings. The third kappa shape index (κ3) is 2.93. The Kier molecular flexibility index (Phi) is 4.10. The summed E-state index contributed by atoms with van der Waals surface area (Å²) in [6.07, 6.45) is 5.14. The van der Waals surface area contributed by atoms with Gasteiger partial charge in [0.1, 0.15) is 11.9 Å². The molecule has 8 nitrogen and oxygen atoms in total. The van der Waals surface area contributed by atoms with E-state index in [-0.39, 0.29) is 6.10 Å². The van der Waals surface area contributed by atoms with Gasteiger partial charge < -0.3 is 18.6 Å². The second-order valence-electron chi connectivity index (χ2n) is 6.43. The maximum Gasteiger partial charge on any atom is 0.278 e. The number of rotatable bonds is 4. The van der Waals surface area contributed by atoms with Crippen LogP contribution in [0.2, 0.25) is 0 Å². The molecule has 0 amide bonds. The van der Waals surface area contributed by atoms with E-state index >= 15 is 0 Å². The van der Waals surface area contributed by atoms with Crippen LogP contribution in [0.1, 0.15) is 17.4 Å². The molecule has 8 heteroatoms. The molecule has 0 aliphatic carbocycles. The fourth-order valence-corrected chi connectivity index (χ4v) is 3.26. The third-order valence-corrected chi connectivity index (χ3v) is 4.77. The van der Waals surface area contributed by atoms with Crippen molar-refractivity contribution < 1.29 is 14.0 Å². The zero-order valence-electron chi connectivity index (χ0n) is 15.1. The molecule has 140 valence electrons. The standard InChI is InChI=1S/C20H17N5O3/c1-26-15-6-4-13(5-7-15)17-10-25-12-22-18(16(25)11-27-17)20-23-19(24-28-20)14-3-2-8-21-9-14/h2-9,12,17H,10-11H2,1H3/t17-/m1/s1. The predicted molar refractivity (Wildman–Crippen MR) is 99.3 cm³/mol. The molecule has 0 saturated carbocycles. The van der Waals surface area contributed by atoms with Crippen LogP contribution in [-0.2, 0) is 17.9 Å². The van der Waals surface area contributed by atoms with Crippen LogP contribution in [0, 0.1) is 0 Å². The van der Waals surface area contributed by atoms with Crippen molar-refractivity contribution in [2.45, 2.75) is 19.3 Å². The Bertz CT molecular complexity index is 1090. The average molecular weight is 375 g/mol. The first-order valence-electron chi connectivity index (χ1n) is 8.86. The fourth-order valence-electron chi connectivity index (χ4n) is 3.26. The third-order valence-electron chi connectivity index (χ3n) is 4.77. The van der Waals surface area contributed by atoms with Crippen LogP contribution in [0.15, 0.2) is 59.6 Å². The van der Waals surface area contributed by atoms with Gasteiger partial charge in [0, 0.05) is 18.0 Å². The van der Waals surface area contributed by atoms with Gasteiger partial charge in [-0.3, -0.25) is 4.98 Å². The first-order valence-corrected chi connectivity index (χ1v) is 8.86. The molecule has 3 aromatic heterocycles. The maximum absolute atomic E-state index is 6.07. The van der Waals surface area contributed by atoms with Gasteiger partial charge in [0.15, 0.2) is 5.69 Å². The second kappa shape index (κ2) is 6.90. The van der Waals surface area contributed by atoms with E-state index in [9.17, 15) is 0 Å². The number of nitrogens with zero attached hydrogens (tertiary/aromatic N) is 5. The molecule has 4 heterocycles. The van der Waals surface area contributed by atoms with Gasteiger partial charge in [0.05, 0.1) is 32.3 Å². The summed E-state index contributed by atoms with van der Waals surface area (Å²) >= 11 is 0. The molecule has 0 saturated heterocycles. The van der Waals surface area contributed by atoms with Crippen molar-refractivity contribution in [1.29, 1.82) is 0 Å². The van der Waals surface area contributed by atoms with E-state index in [1.807, 2.05) is 36.4 Å². The van der Waals surface area contributed by atoms with Crippen LogP contribution in [-0.4, -0.2) is 31.8 Å². The first-order chi connectivity index (χ1) is 13.8. The van der Waals surface area contributed by atoms with E-state index in [4.69, 9.17) is 14.0 Å². The highest BCUT2D eigenvalue weighted by Crippen LogP contribution is 2.32. The van der Waals surface area contributed by atoms with E-state index in [0.29, 0.717) is 30.6 Å². The van der Waals surface area contributed by atoms with E-state index in [2.05, 4.69) is 24.7 Å². The van der Waals surface area contributed by atoms with Crippen LogP contribution in [0.5, 0.6) is 5.75 Å². The fraction of sp³-hybridized carbons (Fsp3) is 0.200. The molecule has 0 fully saturated rings. The SMILES string of the molecule is COc1ccc([C@H]2Cn3cnc(-c4nc(-c5cccnc5)no4)c3CO2)cc1. The summed E-state index contributed by atoms with van der Waals surface area (Å²) in [6, 6.07) is 11.6. The Hall–Kier alpha value is -3.52. The van der Waals surface area contributed by atoms with Gasteiger partial charge in [0.2, 0.25) is 5.82 Å². The Morgan fingerprint density at radius 1 is 1.18 bits per heavy atom. The molecular formula is C20H17N5O3. The summed E-state index contributed by atoms with van der Waals surface area (Å²) in [5.41, 5.74) is 3.46. The van der Waals surface area contributed by atoms with Crippen molar-refractivity contribution in [3.63, 3.8) is 0 Å². The van der Waals surface area contributed by atoms with Crippen LogP contribution in [0.25, 0.3) is 23.0 Å². The van der Waals surface area contributed by atoms with Crippen molar-refractivity contribution >= 4 is 0 Å². The number of hydrogen-bond acceptors (Lipinski definition) is 7. The Labute approximate surface area is 160 Å². The zero-order valence-corrected chi connectivity index (χ0v) is 15.1. The molecule has 0 radical (unpaired) electrons. The van der Waals surface area contributed by atoms with Crippen molar-refractivity contribution in [2.75, 3.05) is 7.11 Å². The largest absolute Gasteiger partial charge is 0.497 e. The molecule has 0 N–H and O–H groups in total. The van der Waals surface area contributed by atoms with Crippen molar-refractivity contribution in [3.8, 4) is 28.7 Å². The molecule has 0 unspecified atom stereocenters. The van der Waals surface area contributed by atoms with Crippen LogP contribution >= 0.6 is 0 Å². The summed E-state index contributed by atoms with van der Waals surface area (Å²) in [5, 5.41) is 4.04. The number of methoxy groups -OCH3 is 1. The molecule has 1 aromatic carbocycles. The van der Waals surface area contributed by atoms with E-state index < -0.39 is 0 Å². The summed E-state index contributed by atoms with van der Waals surface area (Å²) in [7, 11) is 1.66. The van der Waals surface area contributed by atoms with E-state index in [0.717, 1.165) is 22.6 Å². The van der Waals surface area contributed by atoms with Gasteiger partial charge >= 0.3 is 0 Å². The minimum absolute atomic E-state index is 0.0471. The lowest BCUT2D eigenvalue weighted by molar-refractivity contribution is 0.00328. The number of ether oxygens (including phenoxy) is 2. The van der Waals surface area contributed by atoms with Gasteiger partial charge in [-0.25, -0.2) is 4.98 Å². The van der Waals surface area contributed by atoms with Crippen molar-refractivity contribution in [2.24, 2.45) is 0 Å². The second-order valence-corrected chi connectivity index (χ2v) is 6.43. The number of benzene rings is 1. The Morgan fingerprint density at radius 3 is 2.86 bits per heavy atom. The normalized spacial score (nSPS) is 16.0. The lowest BCUT2D eigenvalue weighted by Crippen LogP contribution is -2.20. The number of pyridine rings is 1. The highest BCUT2D eigenvalue weighted by Gasteiger charge is 2.26. The van der Waals surface area contributed by atoms with Gasteiger partial charge in [0.25, 0.3) is 5.89 Å². The number of hydrogen-bond donors (Lipinski definition) is 0. The Morgan fingerprint density at radius 2 is 2.07 bits per heavy atom. The topological polar surface area (TPSA) is 88.1 Å². The molecule has 0 spiro atoms. The lowest BCUT2D eigenvalue weighted by Gasteiger charge is -2.25. The molecule has 1 atom stereocenters. The average Bonchev–Trinajstić information content (AvgIpc) is 3.41. The summed E-state index contributed by atoms with van der Waals surface area (Å²) in [6.45, 7) is 1.08. The van der Waals surface area contributed by atoms with Gasteiger partial charge in [-0.05, 0) is 29.8 Å². The van der Waals surface area contributed by atoms with Crippen molar-refractivity contribution in [3.05, 3.63) is 66.4 Å². The van der Waals surface area contributed by atoms with Gasteiger partial charge in [-0.1, -0.05) is 17.3 Å². The lowest BCUT2D eigenvalue weighted by atomic mass is 10.1. The smallest absolute Gasteiger partial charge is 0.278 e. The molecule has 0 bridgehead atoms. The summed E-state index contributed by atoms with van der Waals surface area (Å²) in [5.74, 6) is 1.68.